The zero-order chi connectivity index (χ0) is 31.2. The monoisotopic (exact) mass is 596 g/mol. The summed E-state index contributed by atoms with van der Waals surface area (Å²) in [5.41, 5.74) is 10.2. The summed E-state index contributed by atoms with van der Waals surface area (Å²) >= 11 is 0. The van der Waals surface area contributed by atoms with Crippen LogP contribution in [0.15, 0.2) is 182 Å². The first-order valence-corrected chi connectivity index (χ1v) is 16.4. The molecule has 9 rings (SSSR count). The fraction of sp³-hybridized carbons (Fsp3) is 0.0213. The Balaban J connectivity index is 1.32. The van der Waals surface area contributed by atoms with Crippen LogP contribution in [0, 0.1) is 0 Å². The summed E-state index contributed by atoms with van der Waals surface area (Å²) < 4.78 is 0. The SMILES string of the molecule is c1ccc(Cc2cccc(-c3ccc4c(-c5ccc6ccccc6c5)c5ccccc5c(-c5ccc6ccccc6c5)c4c3)c2)cc1. The summed E-state index contributed by atoms with van der Waals surface area (Å²) in [5, 5.41) is 10.1. The van der Waals surface area contributed by atoms with E-state index < -0.39 is 0 Å². The van der Waals surface area contributed by atoms with Gasteiger partial charge in [-0.3, -0.25) is 0 Å². The van der Waals surface area contributed by atoms with Crippen LogP contribution in [0.4, 0.5) is 0 Å². The number of hydrogen-bond acceptors (Lipinski definition) is 0. The molecule has 0 N–H and O–H groups in total. The van der Waals surface area contributed by atoms with Crippen molar-refractivity contribution >= 4 is 43.1 Å². The number of benzene rings is 9. The number of hydrogen-bond donors (Lipinski definition) is 0. The fourth-order valence-corrected chi connectivity index (χ4v) is 7.36. The second-order valence-corrected chi connectivity index (χ2v) is 12.5. The largest absolute Gasteiger partial charge is 0.0622 e. The van der Waals surface area contributed by atoms with Crippen LogP contribution in [-0.2, 0) is 6.42 Å². The van der Waals surface area contributed by atoms with Gasteiger partial charge in [-0.1, -0.05) is 164 Å². The molecule has 0 saturated heterocycles. The summed E-state index contributed by atoms with van der Waals surface area (Å²) in [4.78, 5) is 0. The Labute approximate surface area is 275 Å². The van der Waals surface area contributed by atoms with E-state index in [1.165, 1.54) is 87.6 Å². The van der Waals surface area contributed by atoms with E-state index in [0.717, 1.165) is 6.42 Å². The Kier molecular flexibility index (Phi) is 6.65. The van der Waals surface area contributed by atoms with Gasteiger partial charge in [0, 0.05) is 0 Å². The molecule has 0 heteroatoms. The van der Waals surface area contributed by atoms with Crippen LogP contribution in [0.3, 0.4) is 0 Å². The van der Waals surface area contributed by atoms with E-state index in [2.05, 4.69) is 182 Å². The molecule has 9 aromatic rings. The molecule has 0 unspecified atom stereocenters. The predicted molar refractivity (Wildman–Crippen MR) is 202 cm³/mol. The van der Waals surface area contributed by atoms with Gasteiger partial charge in [0.2, 0.25) is 0 Å². The Morgan fingerprint density at radius 2 is 0.745 bits per heavy atom. The zero-order valence-electron chi connectivity index (χ0n) is 26.0. The van der Waals surface area contributed by atoms with Gasteiger partial charge in [0.1, 0.15) is 0 Å². The molecule has 0 aliphatic carbocycles. The van der Waals surface area contributed by atoms with Crippen molar-refractivity contribution in [1.29, 1.82) is 0 Å². The fourth-order valence-electron chi connectivity index (χ4n) is 7.36. The van der Waals surface area contributed by atoms with Crippen LogP contribution in [-0.4, -0.2) is 0 Å². The van der Waals surface area contributed by atoms with Crippen molar-refractivity contribution in [3.05, 3.63) is 193 Å². The first kappa shape index (κ1) is 27.3. The summed E-state index contributed by atoms with van der Waals surface area (Å²) in [5.74, 6) is 0. The van der Waals surface area contributed by atoms with Gasteiger partial charge in [0.25, 0.3) is 0 Å². The van der Waals surface area contributed by atoms with Crippen molar-refractivity contribution in [2.45, 2.75) is 6.42 Å². The van der Waals surface area contributed by atoms with Crippen LogP contribution in [0.25, 0.3) is 76.5 Å². The molecule has 0 fully saturated rings. The second-order valence-electron chi connectivity index (χ2n) is 12.5. The van der Waals surface area contributed by atoms with Crippen molar-refractivity contribution in [2.24, 2.45) is 0 Å². The second kappa shape index (κ2) is 11.4. The molecular formula is C47H32. The van der Waals surface area contributed by atoms with E-state index in [1.54, 1.807) is 0 Å². The Morgan fingerprint density at radius 3 is 1.40 bits per heavy atom. The predicted octanol–water partition coefficient (Wildman–Crippen LogP) is 12.9. The molecule has 0 aliphatic rings. The third-order valence-electron chi connectivity index (χ3n) is 9.61. The Morgan fingerprint density at radius 1 is 0.255 bits per heavy atom. The van der Waals surface area contributed by atoms with E-state index in [1.807, 2.05) is 0 Å². The molecule has 0 amide bonds. The molecule has 0 spiro atoms. The molecule has 0 aromatic heterocycles. The standard InChI is InChI=1S/C47H32/c1-2-11-32(12-3-1)27-33-13-10-18-36(28-33)39-25-26-44-45(31-39)47(41-24-22-35-15-5-7-17-38(35)30-41)43-20-9-8-19-42(43)46(44)40-23-21-34-14-4-6-16-37(34)29-40/h1-26,28-31H,27H2. The first-order valence-electron chi connectivity index (χ1n) is 16.4. The summed E-state index contributed by atoms with van der Waals surface area (Å²) in [6.07, 6.45) is 0.918. The lowest BCUT2D eigenvalue weighted by Gasteiger charge is -2.19. The minimum Gasteiger partial charge on any atom is -0.0622 e. The maximum Gasteiger partial charge on any atom is -0.00256 e. The molecular weight excluding hydrogens is 565 g/mol. The maximum atomic E-state index is 2.43. The quantitative estimate of drug-likeness (QED) is 0.173. The third kappa shape index (κ3) is 4.96. The van der Waals surface area contributed by atoms with E-state index in [9.17, 15) is 0 Å². The van der Waals surface area contributed by atoms with Crippen LogP contribution in [0.2, 0.25) is 0 Å². The van der Waals surface area contributed by atoms with E-state index in [4.69, 9.17) is 0 Å². The van der Waals surface area contributed by atoms with Crippen LogP contribution in [0.1, 0.15) is 11.1 Å². The lowest BCUT2D eigenvalue weighted by Crippen LogP contribution is -1.93. The number of fused-ring (bicyclic) bond motifs is 4. The van der Waals surface area contributed by atoms with Gasteiger partial charge in [-0.25, -0.2) is 0 Å². The van der Waals surface area contributed by atoms with Crippen molar-refractivity contribution in [3.8, 4) is 33.4 Å². The van der Waals surface area contributed by atoms with Crippen molar-refractivity contribution in [1.82, 2.24) is 0 Å². The minimum atomic E-state index is 0.918. The van der Waals surface area contributed by atoms with Gasteiger partial charge in [0.05, 0.1) is 0 Å². The highest BCUT2D eigenvalue weighted by Gasteiger charge is 2.18. The topological polar surface area (TPSA) is 0 Å². The lowest BCUT2D eigenvalue weighted by atomic mass is 9.84. The summed E-state index contributed by atoms with van der Waals surface area (Å²) in [6.45, 7) is 0. The molecule has 0 atom stereocenters. The smallest absolute Gasteiger partial charge is 0.00256 e. The normalized spacial score (nSPS) is 11.5. The molecule has 0 heterocycles. The molecule has 47 heavy (non-hydrogen) atoms. The Bertz CT molecular complexity index is 2590. The van der Waals surface area contributed by atoms with Gasteiger partial charge in [-0.05, 0) is 112 Å². The lowest BCUT2D eigenvalue weighted by molar-refractivity contribution is 1.19. The molecule has 9 aromatic carbocycles. The van der Waals surface area contributed by atoms with Crippen LogP contribution in [0.5, 0.6) is 0 Å². The average molecular weight is 597 g/mol. The minimum absolute atomic E-state index is 0.918. The van der Waals surface area contributed by atoms with Gasteiger partial charge in [-0.2, -0.15) is 0 Å². The highest BCUT2D eigenvalue weighted by Crippen LogP contribution is 2.45. The van der Waals surface area contributed by atoms with Gasteiger partial charge < -0.3 is 0 Å². The van der Waals surface area contributed by atoms with Gasteiger partial charge >= 0.3 is 0 Å². The Hall–Kier alpha value is -5.98. The van der Waals surface area contributed by atoms with E-state index >= 15 is 0 Å². The highest BCUT2D eigenvalue weighted by atomic mass is 14.2. The number of rotatable bonds is 5. The maximum absolute atomic E-state index is 2.43. The summed E-state index contributed by atoms with van der Waals surface area (Å²) in [7, 11) is 0. The van der Waals surface area contributed by atoms with Gasteiger partial charge in [-0.15, -0.1) is 0 Å². The molecule has 0 saturated carbocycles. The highest BCUT2D eigenvalue weighted by molar-refractivity contribution is 6.22. The molecule has 0 bridgehead atoms. The average Bonchev–Trinajstić information content (AvgIpc) is 3.13. The van der Waals surface area contributed by atoms with Crippen molar-refractivity contribution < 1.29 is 0 Å². The summed E-state index contributed by atoms with van der Waals surface area (Å²) in [6, 6.07) is 67.0. The van der Waals surface area contributed by atoms with E-state index in [0.29, 0.717) is 0 Å². The van der Waals surface area contributed by atoms with Gasteiger partial charge in [0.15, 0.2) is 0 Å². The molecule has 0 nitrogen and oxygen atoms in total. The zero-order valence-corrected chi connectivity index (χ0v) is 26.0. The molecule has 0 radical (unpaired) electrons. The van der Waals surface area contributed by atoms with Crippen molar-refractivity contribution in [3.63, 3.8) is 0 Å². The van der Waals surface area contributed by atoms with Crippen LogP contribution < -0.4 is 0 Å². The third-order valence-corrected chi connectivity index (χ3v) is 9.61. The first-order chi connectivity index (χ1) is 23.3. The molecule has 220 valence electrons. The van der Waals surface area contributed by atoms with Crippen molar-refractivity contribution in [2.75, 3.05) is 0 Å². The molecule has 0 aliphatic heterocycles. The van der Waals surface area contributed by atoms with Crippen LogP contribution >= 0.6 is 0 Å². The van der Waals surface area contributed by atoms with E-state index in [-0.39, 0.29) is 0 Å².